The number of nitrogens with one attached hydrogen (secondary N) is 1. The van der Waals surface area contributed by atoms with Crippen molar-refractivity contribution >= 4 is 15.9 Å². The standard InChI is InChI=1S/C20H33N3O4S/c1-4-16-13-23(28(25,26)20-14(2)22-27-15(20)3)11-10-17(16)12-19(24)21-18-8-6-5-7-9-18/h16-18H,4-13H2,1-3H3,(H,21,24). The van der Waals surface area contributed by atoms with E-state index in [9.17, 15) is 13.2 Å². The van der Waals surface area contributed by atoms with Crippen LogP contribution in [0.2, 0.25) is 0 Å². The molecule has 1 aromatic heterocycles. The summed E-state index contributed by atoms with van der Waals surface area (Å²) in [6.45, 7) is 6.24. The third-order valence-electron chi connectivity index (χ3n) is 6.36. The molecule has 0 spiro atoms. The molecule has 1 amide bonds. The Labute approximate surface area is 168 Å². The van der Waals surface area contributed by atoms with Crippen molar-refractivity contribution in [3.63, 3.8) is 0 Å². The Kier molecular flexibility index (Phi) is 6.81. The first-order chi connectivity index (χ1) is 13.3. The van der Waals surface area contributed by atoms with Crippen molar-refractivity contribution in [2.24, 2.45) is 11.8 Å². The average molecular weight is 412 g/mol. The maximum atomic E-state index is 13.1. The molecule has 0 aromatic carbocycles. The number of rotatable bonds is 6. The van der Waals surface area contributed by atoms with Gasteiger partial charge in [-0.25, -0.2) is 8.42 Å². The minimum Gasteiger partial charge on any atom is -0.360 e. The molecule has 3 rings (SSSR count). The fourth-order valence-electron chi connectivity index (χ4n) is 4.74. The summed E-state index contributed by atoms with van der Waals surface area (Å²) < 4.78 is 32.8. The number of aromatic nitrogens is 1. The van der Waals surface area contributed by atoms with Gasteiger partial charge in [-0.3, -0.25) is 4.79 Å². The van der Waals surface area contributed by atoms with Crippen LogP contribution in [0.1, 0.15) is 69.7 Å². The van der Waals surface area contributed by atoms with Crippen LogP contribution in [0.4, 0.5) is 0 Å². The molecule has 2 unspecified atom stereocenters. The van der Waals surface area contributed by atoms with Crippen molar-refractivity contribution in [1.82, 2.24) is 14.8 Å². The molecular weight excluding hydrogens is 378 g/mol. The SMILES string of the molecule is CCC1CN(S(=O)(=O)c2c(C)noc2C)CCC1CC(=O)NC1CCCCC1. The fourth-order valence-corrected chi connectivity index (χ4v) is 6.54. The molecule has 0 radical (unpaired) electrons. The van der Waals surface area contributed by atoms with E-state index in [0.29, 0.717) is 43.4 Å². The Hall–Kier alpha value is -1.41. The van der Waals surface area contributed by atoms with Crippen LogP contribution in [0, 0.1) is 25.7 Å². The third-order valence-corrected chi connectivity index (χ3v) is 8.47. The van der Waals surface area contributed by atoms with E-state index in [0.717, 1.165) is 19.3 Å². The number of sulfonamides is 1. The molecule has 2 fully saturated rings. The van der Waals surface area contributed by atoms with Gasteiger partial charge in [0, 0.05) is 25.6 Å². The molecule has 8 heteroatoms. The molecule has 2 atom stereocenters. The summed E-state index contributed by atoms with van der Waals surface area (Å²) in [5.41, 5.74) is 0.402. The van der Waals surface area contributed by atoms with Gasteiger partial charge in [-0.1, -0.05) is 37.8 Å². The molecule has 7 nitrogen and oxygen atoms in total. The van der Waals surface area contributed by atoms with Crippen molar-refractivity contribution in [3.8, 4) is 0 Å². The first-order valence-electron chi connectivity index (χ1n) is 10.5. The predicted octanol–water partition coefficient (Wildman–Crippen LogP) is 3.17. The number of piperidine rings is 1. The van der Waals surface area contributed by atoms with Gasteiger partial charge in [0.1, 0.15) is 10.6 Å². The largest absolute Gasteiger partial charge is 0.360 e. The van der Waals surface area contributed by atoms with Crippen molar-refractivity contribution in [1.29, 1.82) is 0 Å². The van der Waals surface area contributed by atoms with Gasteiger partial charge in [0.05, 0.1) is 0 Å². The molecule has 1 N–H and O–H groups in total. The third kappa shape index (κ3) is 4.59. The van der Waals surface area contributed by atoms with Gasteiger partial charge in [0.15, 0.2) is 5.76 Å². The summed E-state index contributed by atoms with van der Waals surface area (Å²) in [6.07, 6.45) is 7.87. The molecule has 1 saturated heterocycles. The van der Waals surface area contributed by atoms with Crippen molar-refractivity contribution in [2.45, 2.75) is 83.1 Å². The highest BCUT2D eigenvalue weighted by Gasteiger charge is 2.38. The zero-order valence-electron chi connectivity index (χ0n) is 17.2. The molecule has 2 aliphatic rings. The number of nitrogens with zero attached hydrogens (tertiary/aromatic N) is 2. The lowest BCUT2D eigenvalue weighted by Crippen LogP contribution is -2.45. The normalized spacial score (nSPS) is 25.0. The zero-order valence-corrected chi connectivity index (χ0v) is 18.1. The maximum absolute atomic E-state index is 13.1. The lowest BCUT2D eigenvalue weighted by molar-refractivity contribution is -0.123. The Bertz CT molecular complexity index is 764. The van der Waals surface area contributed by atoms with E-state index in [2.05, 4.69) is 17.4 Å². The summed E-state index contributed by atoms with van der Waals surface area (Å²) in [7, 11) is -3.62. The molecule has 1 saturated carbocycles. The predicted molar refractivity (Wildman–Crippen MR) is 106 cm³/mol. The Balaban J connectivity index is 1.62. The molecule has 158 valence electrons. The summed E-state index contributed by atoms with van der Waals surface area (Å²) in [6, 6.07) is 0.321. The minimum absolute atomic E-state index is 0.123. The number of carbonyl (C=O) groups excluding carboxylic acids is 1. The maximum Gasteiger partial charge on any atom is 0.248 e. The van der Waals surface area contributed by atoms with Gasteiger partial charge in [-0.05, 0) is 44.9 Å². The molecular formula is C20H33N3O4S. The zero-order chi connectivity index (χ0) is 20.3. The number of hydrogen-bond donors (Lipinski definition) is 1. The van der Waals surface area contributed by atoms with Crippen LogP contribution >= 0.6 is 0 Å². The Morgan fingerprint density at radius 1 is 1.18 bits per heavy atom. The van der Waals surface area contributed by atoms with Crippen LogP contribution in [-0.4, -0.2) is 42.9 Å². The van der Waals surface area contributed by atoms with Crippen molar-refractivity contribution < 1.29 is 17.7 Å². The number of aryl methyl sites for hydroxylation is 2. The van der Waals surface area contributed by atoms with Gasteiger partial charge in [-0.2, -0.15) is 4.31 Å². The summed E-state index contributed by atoms with van der Waals surface area (Å²) in [5, 5.41) is 6.99. The second-order valence-corrected chi connectivity index (χ2v) is 10.2. The topological polar surface area (TPSA) is 92.5 Å². The van der Waals surface area contributed by atoms with E-state index in [-0.39, 0.29) is 22.6 Å². The van der Waals surface area contributed by atoms with E-state index < -0.39 is 10.0 Å². The fraction of sp³-hybridized carbons (Fsp3) is 0.800. The van der Waals surface area contributed by atoms with Crippen LogP contribution < -0.4 is 5.32 Å². The van der Waals surface area contributed by atoms with E-state index in [1.807, 2.05) is 0 Å². The lowest BCUT2D eigenvalue weighted by atomic mass is 9.82. The highest BCUT2D eigenvalue weighted by Crippen LogP contribution is 2.33. The summed E-state index contributed by atoms with van der Waals surface area (Å²) in [5.74, 6) is 0.864. The van der Waals surface area contributed by atoms with E-state index in [1.54, 1.807) is 18.2 Å². The highest BCUT2D eigenvalue weighted by molar-refractivity contribution is 7.89. The lowest BCUT2D eigenvalue weighted by Gasteiger charge is -2.37. The van der Waals surface area contributed by atoms with Crippen LogP contribution in [0.3, 0.4) is 0 Å². The smallest absolute Gasteiger partial charge is 0.248 e. The van der Waals surface area contributed by atoms with Gasteiger partial charge >= 0.3 is 0 Å². The Morgan fingerprint density at radius 2 is 1.89 bits per heavy atom. The van der Waals surface area contributed by atoms with Crippen molar-refractivity contribution in [3.05, 3.63) is 11.5 Å². The number of amides is 1. The van der Waals surface area contributed by atoms with Crippen LogP contribution in [0.5, 0.6) is 0 Å². The first kappa shape index (κ1) is 21.3. The van der Waals surface area contributed by atoms with E-state index in [4.69, 9.17) is 4.52 Å². The molecule has 1 aliphatic heterocycles. The monoisotopic (exact) mass is 411 g/mol. The van der Waals surface area contributed by atoms with E-state index >= 15 is 0 Å². The van der Waals surface area contributed by atoms with Crippen LogP contribution in [0.25, 0.3) is 0 Å². The van der Waals surface area contributed by atoms with Gasteiger partial charge in [0.25, 0.3) is 0 Å². The molecule has 0 bridgehead atoms. The molecule has 1 aliphatic carbocycles. The second kappa shape index (κ2) is 8.95. The van der Waals surface area contributed by atoms with Crippen LogP contribution in [-0.2, 0) is 14.8 Å². The quantitative estimate of drug-likeness (QED) is 0.776. The molecule has 2 heterocycles. The van der Waals surface area contributed by atoms with Gasteiger partial charge in [-0.15, -0.1) is 0 Å². The van der Waals surface area contributed by atoms with Crippen LogP contribution in [0.15, 0.2) is 9.42 Å². The molecule has 28 heavy (non-hydrogen) atoms. The average Bonchev–Trinajstić information content (AvgIpc) is 3.01. The first-order valence-corrected chi connectivity index (χ1v) is 12.0. The minimum atomic E-state index is -3.62. The number of hydrogen-bond acceptors (Lipinski definition) is 5. The van der Waals surface area contributed by atoms with E-state index in [1.165, 1.54) is 19.3 Å². The molecule has 1 aromatic rings. The summed E-state index contributed by atoms with van der Waals surface area (Å²) in [4.78, 5) is 12.7. The Morgan fingerprint density at radius 3 is 2.50 bits per heavy atom. The van der Waals surface area contributed by atoms with Gasteiger partial charge in [0.2, 0.25) is 15.9 Å². The number of carbonyl (C=O) groups is 1. The summed E-state index contributed by atoms with van der Waals surface area (Å²) >= 11 is 0. The second-order valence-electron chi connectivity index (χ2n) is 8.34. The van der Waals surface area contributed by atoms with Gasteiger partial charge < -0.3 is 9.84 Å². The van der Waals surface area contributed by atoms with Crippen molar-refractivity contribution in [2.75, 3.05) is 13.1 Å². The highest BCUT2D eigenvalue weighted by atomic mass is 32.2.